The molecule has 0 fully saturated rings. The van der Waals surface area contributed by atoms with Gasteiger partial charge in [0, 0.05) is 10.8 Å². The predicted molar refractivity (Wildman–Crippen MR) is 173 cm³/mol. The number of fused-ring (bicyclic) bond motifs is 8. The lowest BCUT2D eigenvalue weighted by Gasteiger charge is -2.39. The Hall–Kier alpha value is -4.08. The van der Waals surface area contributed by atoms with Crippen molar-refractivity contribution in [2.24, 2.45) is 5.41 Å². The van der Waals surface area contributed by atoms with E-state index in [1.54, 1.807) is 0 Å². The Morgan fingerprint density at radius 2 is 1.30 bits per heavy atom. The van der Waals surface area contributed by atoms with Crippen LogP contribution in [0.25, 0.3) is 65.4 Å². The third kappa shape index (κ3) is 3.91. The van der Waals surface area contributed by atoms with E-state index < -0.39 is 0 Å². The summed E-state index contributed by atoms with van der Waals surface area (Å²) in [5.41, 5.74) is 5.12. The highest BCUT2D eigenvalue weighted by atomic mass is 16.5. The summed E-state index contributed by atoms with van der Waals surface area (Å²) in [6.45, 7) is 11.0. The van der Waals surface area contributed by atoms with Crippen LogP contribution in [0, 0.1) is 5.41 Å². The van der Waals surface area contributed by atoms with Crippen LogP contribution in [-0.4, -0.2) is 13.1 Å². The Morgan fingerprint density at radius 3 is 2.10 bits per heavy atom. The lowest BCUT2D eigenvalue weighted by atomic mass is 9.76. The minimum absolute atomic E-state index is 0.0217. The molecule has 1 aromatic heterocycles. The van der Waals surface area contributed by atoms with Crippen molar-refractivity contribution in [1.29, 1.82) is 0 Å². The van der Waals surface area contributed by atoms with Crippen molar-refractivity contribution in [2.45, 2.75) is 40.2 Å². The molecule has 196 valence electrons. The van der Waals surface area contributed by atoms with Crippen LogP contribution in [0.2, 0.25) is 0 Å². The van der Waals surface area contributed by atoms with Crippen LogP contribution >= 0.6 is 0 Å². The van der Waals surface area contributed by atoms with Crippen molar-refractivity contribution in [2.75, 3.05) is 0 Å². The zero-order valence-electron chi connectivity index (χ0n) is 23.8. The first-order chi connectivity index (χ1) is 19.2. The second kappa shape index (κ2) is 8.97. The molecule has 0 spiro atoms. The fraction of sp³-hybridized carbons (Fsp3) is 0.189. The van der Waals surface area contributed by atoms with E-state index in [1.807, 2.05) is 0 Å². The monoisotopic (exact) mass is 520 g/mol. The Morgan fingerprint density at radius 1 is 0.575 bits per heavy atom. The van der Waals surface area contributed by atoms with E-state index in [-0.39, 0.29) is 11.0 Å². The molecule has 3 heteroatoms. The summed E-state index contributed by atoms with van der Waals surface area (Å²) in [7, 11) is 0.533. The fourth-order valence-corrected chi connectivity index (χ4v) is 5.76. The van der Waals surface area contributed by atoms with Crippen molar-refractivity contribution in [3.8, 4) is 11.1 Å². The third-order valence-electron chi connectivity index (χ3n) is 9.05. The van der Waals surface area contributed by atoms with Gasteiger partial charge in [-0.05, 0) is 92.4 Å². The molecule has 1 heterocycles. The van der Waals surface area contributed by atoms with Gasteiger partial charge in [-0.25, -0.2) is 0 Å². The summed E-state index contributed by atoms with van der Waals surface area (Å²) >= 11 is 0. The summed E-state index contributed by atoms with van der Waals surface area (Å²) in [5.74, 6) is 0. The van der Waals surface area contributed by atoms with E-state index in [2.05, 4.69) is 138 Å². The molecule has 0 saturated carbocycles. The first-order valence-corrected chi connectivity index (χ1v) is 14.1. The lowest BCUT2D eigenvalue weighted by Crippen LogP contribution is -2.42. The van der Waals surface area contributed by atoms with E-state index in [0.29, 0.717) is 7.48 Å². The van der Waals surface area contributed by atoms with Crippen molar-refractivity contribution >= 4 is 67.2 Å². The molecule has 7 rings (SSSR count). The maximum Gasteiger partial charge on any atom is 0.310 e. The van der Waals surface area contributed by atoms with Gasteiger partial charge in [0.15, 0.2) is 0 Å². The third-order valence-corrected chi connectivity index (χ3v) is 9.05. The smallest absolute Gasteiger partial charge is 0.310 e. The quantitative estimate of drug-likeness (QED) is 0.170. The summed E-state index contributed by atoms with van der Waals surface area (Å²) in [6.07, 6.45) is 0. The average molecular weight is 520 g/mol. The van der Waals surface area contributed by atoms with E-state index in [1.165, 1.54) is 43.4 Å². The molecule has 0 amide bonds. The Kier molecular flexibility index (Phi) is 5.59. The first-order valence-electron chi connectivity index (χ1n) is 14.1. The van der Waals surface area contributed by atoms with E-state index in [0.717, 1.165) is 27.4 Å². The molecule has 6 aromatic carbocycles. The van der Waals surface area contributed by atoms with Gasteiger partial charge in [0.25, 0.3) is 0 Å². The summed E-state index contributed by atoms with van der Waals surface area (Å²) in [5, 5.41) is 9.90. The molecule has 0 aliphatic heterocycles. The topological polar surface area (TPSA) is 22.4 Å². The highest BCUT2D eigenvalue weighted by Gasteiger charge is 2.33. The SMILES string of the molecule is CC(C)(C)C(C)(C)OBc1cccc2oc3ccc(-c4cc5c6ccccc6ccc5c5ccccc45)cc3c12. The van der Waals surface area contributed by atoms with Crippen molar-refractivity contribution < 1.29 is 9.07 Å². The van der Waals surface area contributed by atoms with Gasteiger partial charge < -0.3 is 9.07 Å². The molecule has 0 aliphatic rings. The van der Waals surface area contributed by atoms with Crippen LogP contribution in [0.3, 0.4) is 0 Å². The standard InChI is InChI=1S/C37H33BO2/c1-36(2,3)37(4,5)40-38-32-15-10-16-34-35(32)31-21-24(18-20-33(31)39-34)29-22-30-25-12-7-6-11-23(25)17-19-28(30)26-13-8-9-14-27(26)29/h6-22,38H,1-5H3. The van der Waals surface area contributed by atoms with Crippen molar-refractivity contribution in [1.82, 2.24) is 0 Å². The number of hydrogen-bond acceptors (Lipinski definition) is 2. The van der Waals surface area contributed by atoms with Gasteiger partial charge in [0.2, 0.25) is 0 Å². The number of benzene rings is 6. The van der Waals surface area contributed by atoms with Crippen LogP contribution < -0.4 is 5.46 Å². The minimum atomic E-state index is -0.271. The molecule has 0 N–H and O–H groups in total. The van der Waals surface area contributed by atoms with Crippen LogP contribution in [0.15, 0.2) is 108 Å². The van der Waals surface area contributed by atoms with E-state index >= 15 is 0 Å². The van der Waals surface area contributed by atoms with Gasteiger partial charge in [-0.2, -0.15) is 0 Å². The highest BCUT2D eigenvalue weighted by molar-refractivity contribution is 6.52. The van der Waals surface area contributed by atoms with Crippen molar-refractivity contribution in [3.05, 3.63) is 103 Å². The Labute approximate surface area is 235 Å². The van der Waals surface area contributed by atoms with Crippen molar-refractivity contribution in [3.63, 3.8) is 0 Å². The van der Waals surface area contributed by atoms with Gasteiger partial charge in [-0.15, -0.1) is 0 Å². The van der Waals surface area contributed by atoms with Gasteiger partial charge >= 0.3 is 7.48 Å². The van der Waals surface area contributed by atoms with E-state index in [4.69, 9.17) is 9.07 Å². The second-order valence-electron chi connectivity index (χ2n) is 12.5. The fourth-order valence-electron chi connectivity index (χ4n) is 5.76. The highest BCUT2D eigenvalue weighted by Crippen LogP contribution is 2.40. The number of rotatable bonds is 4. The van der Waals surface area contributed by atoms with Gasteiger partial charge in [-0.1, -0.05) is 99.6 Å². The molecule has 40 heavy (non-hydrogen) atoms. The molecular formula is C37H33BO2. The molecule has 0 atom stereocenters. The first kappa shape index (κ1) is 24.9. The molecule has 0 aliphatic carbocycles. The van der Waals surface area contributed by atoms with Gasteiger partial charge in [0.1, 0.15) is 11.2 Å². The van der Waals surface area contributed by atoms with Crippen LogP contribution in [-0.2, 0) is 4.65 Å². The Balaban J connectivity index is 1.44. The molecule has 0 radical (unpaired) electrons. The zero-order valence-corrected chi connectivity index (χ0v) is 23.8. The number of furan rings is 1. The average Bonchev–Trinajstić information content (AvgIpc) is 3.33. The normalized spacial score (nSPS) is 12.7. The molecule has 0 unspecified atom stereocenters. The maximum absolute atomic E-state index is 6.53. The van der Waals surface area contributed by atoms with Crippen LogP contribution in [0.5, 0.6) is 0 Å². The van der Waals surface area contributed by atoms with E-state index in [9.17, 15) is 0 Å². The summed E-state index contributed by atoms with van der Waals surface area (Å²) in [4.78, 5) is 0. The molecule has 0 saturated heterocycles. The largest absolute Gasteiger partial charge is 0.456 e. The zero-order chi connectivity index (χ0) is 27.6. The van der Waals surface area contributed by atoms with Crippen LogP contribution in [0.1, 0.15) is 34.6 Å². The molecule has 2 nitrogen and oxygen atoms in total. The van der Waals surface area contributed by atoms with Crippen LogP contribution in [0.4, 0.5) is 0 Å². The molecule has 0 bridgehead atoms. The molecular weight excluding hydrogens is 487 g/mol. The van der Waals surface area contributed by atoms with Gasteiger partial charge in [-0.3, -0.25) is 0 Å². The Bertz CT molecular complexity index is 2070. The lowest BCUT2D eigenvalue weighted by molar-refractivity contribution is 0.00508. The predicted octanol–water partition coefficient (Wildman–Crippen LogP) is 9.53. The van der Waals surface area contributed by atoms with Gasteiger partial charge in [0.05, 0.1) is 5.60 Å². The summed E-state index contributed by atoms with van der Waals surface area (Å²) < 4.78 is 12.9. The maximum atomic E-state index is 6.53. The minimum Gasteiger partial charge on any atom is -0.456 e. The second-order valence-corrected chi connectivity index (χ2v) is 12.5. The summed E-state index contributed by atoms with van der Waals surface area (Å²) in [6, 6.07) is 37.2. The number of hydrogen-bond donors (Lipinski definition) is 0. The molecule has 7 aromatic rings.